The number of pyridine rings is 4. The second-order valence-corrected chi connectivity index (χ2v) is 29.1. The van der Waals surface area contributed by atoms with Gasteiger partial charge in [0.15, 0.2) is 5.82 Å². The topological polar surface area (TPSA) is 388 Å². The van der Waals surface area contributed by atoms with Gasteiger partial charge < -0.3 is 38.5 Å². The molecule has 0 radical (unpaired) electrons. The van der Waals surface area contributed by atoms with E-state index in [1.54, 1.807) is 125 Å². The van der Waals surface area contributed by atoms with E-state index in [0.717, 1.165) is 61.7 Å². The van der Waals surface area contributed by atoms with E-state index in [2.05, 4.69) is 85.0 Å². The Labute approximate surface area is 693 Å². The number of nitriles is 4. The van der Waals surface area contributed by atoms with E-state index in [-0.39, 0.29) is 89.2 Å². The predicted molar refractivity (Wildman–Crippen MR) is 428 cm³/mol. The average Bonchev–Trinajstić information content (AvgIpc) is 1.31. The molecule has 16 rings (SSSR count). The molecule has 8 atom stereocenters. The predicted octanol–water partition coefficient (Wildman–Crippen LogP) is 11.7. The smallest absolute Gasteiger partial charge is 0.256 e. The lowest BCUT2D eigenvalue weighted by atomic mass is 9.99. The van der Waals surface area contributed by atoms with E-state index >= 15 is 0 Å². The van der Waals surface area contributed by atoms with Crippen LogP contribution in [0.4, 0.5) is 8.78 Å². The molecule has 12 aromatic rings. The van der Waals surface area contributed by atoms with Gasteiger partial charge in [0.05, 0.1) is 150 Å². The number of aryl methyl sites for hydroxylation is 1. The highest BCUT2D eigenvalue weighted by molar-refractivity contribution is 6.31. The van der Waals surface area contributed by atoms with Crippen LogP contribution in [0.1, 0.15) is 148 Å². The van der Waals surface area contributed by atoms with Crippen molar-refractivity contribution >= 4 is 35.2 Å². The zero-order valence-electron chi connectivity index (χ0n) is 65.7. The van der Waals surface area contributed by atoms with Gasteiger partial charge in [0.1, 0.15) is 47.3 Å². The molecule has 0 bridgehead atoms. The third-order valence-corrected chi connectivity index (χ3v) is 20.8. The number of carbonyl (C=O) groups excluding carboxylic acids is 4. The average molecular weight is 1640 g/mol. The van der Waals surface area contributed by atoms with Crippen molar-refractivity contribution in [3.63, 3.8) is 0 Å². The number of amides is 4. The molecule has 12 heterocycles. The van der Waals surface area contributed by atoms with Crippen LogP contribution in [0.25, 0.3) is 22.7 Å². The van der Waals surface area contributed by atoms with Gasteiger partial charge in [-0.15, -0.1) is 4.80 Å². The van der Waals surface area contributed by atoms with Crippen molar-refractivity contribution < 1.29 is 46.9 Å². The molecule has 8 aromatic heterocycles. The number of benzene rings is 4. The normalized spacial score (nSPS) is 18.6. The van der Waals surface area contributed by atoms with Gasteiger partial charge in [-0.2, -0.15) is 76.2 Å². The van der Waals surface area contributed by atoms with Crippen LogP contribution in [0.15, 0.2) is 196 Å². The van der Waals surface area contributed by atoms with Crippen molar-refractivity contribution in [1.29, 1.82) is 21.0 Å². The summed E-state index contributed by atoms with van der Waals surface area (Å²) in [4.78, 5) is 82.6. The van der Waals surface area contributed by atoms with Crippen LogP contribution in [0.5, 0.6) is 23.5 Å². The van der Waals surface area contributed by atoms with Gasteiger partial charge in [-0.25, -0.2) is 28.7 Å². The monoisotopic (exact) mass is 1640 g/mol. The van der Waals surface area contributed by atoms with Crippen molar-refractivity contribution in [1.82, 2.24) is 99.5 Å². The standard InChI is InChI=1S/C22H22N6O2.C21H19ClN6O2.2C21H19FN6O2/c1-15-4-3-5-19(21(15)28-25-10-11-26-28)22(29)27-14-18(7-6-16(27)2)30-20-12-17(13-23)8-9-24-20;2*1-14-2-4-17(30-20-10-15(12-23)6-7-24-20)13-27(14)21(29)18-5-3-16(22)11-19(18)28-25-8-9-26-28;1-14-5-6-16(30-19-11-15(12-23)7-8-24-19)13-27(14)21(29)17-3-2-4-18(22)20(17)28-25-9-10-26-28/h3-5,8-12,16,18H,6-7,14H2,1-2H3;2*3,5-11,14,17H,2,4,13H2,1H3;2-4,7-11,14,16H,5-6,13H2,1H3/t16-,18-;2*14-,17-;14-,16-/m1111/s1. The molecule has 0 spiro atoms. The number of para-hydroxylation sites is 2. The van der Waals surface area contributed by atoms with Crippen molar-refractivity contribution in [2.45, 2.75) is 135 Å². The number of hydrogen-bond acceptors (Lipinski definition) is 24. The number of rotatable bonds is 16. The minimum Gasteiger partial charge on any atom is -0.472 e. The number of ether oxygens (including phenoxy) is 4. The maximum absolute atomic E-state index is 14.5. The fraction of sp³-hybridized carbons (Fsp3) is 0.294. The Bertz CT molecular complexity index is 5430. The Morgan fingerprint density at radius 3 is 1.03 bits per heavy atom. The third-order valence-electron chi connectivity index (χ3n) is 20.6. The fourth-order valence-electron chi connectivity index (χ4n) is 14.3. The first kappa shape index (κ1) is 83.2. The minimum atomic E-state index is -0.577. The summed E-state index contributed by atoms with van der Waals surface area (Å²) >= 11 is 6.15. The molecule has 0 aliphatic carbocycles. The SMILES string of the molecule is C[C@@H]1CC[C@@H](Oc2cc(C#N)ccn2)CN1C(=O)c1ccc(Cl)cc1-n1nccn1.C[C@@H]1CC[C@@H](Oc2cc(C#N)ccn2)CN1C(=O)c1ccc(F)cc1-n1nccn1.C[C@@H]1CC[C@@H](Oc2cc(C#N)ccn2)CN1C(=O)c1cccc(F)c1-n1nccn1.Cc1cccc(C(=O)N2C[C@H](Oc3cc(C#N)ccn3)CC[C@H]2C)c1-n1nccn1. The van der Waals surface area contributed by atoms with E-state index in [9.17, 15) is 28.0 Å². The maximum Gasteiger partial charge on any atom is 0.256 e. The molecule has 4 fully saturated rings. The van der Waals surface area contributed by atoms with Crippen LogP contribution in [0.2, 0.25) is 5.02 Å². The van der Waals surface area contributed by atoms with Gasteiger partial charge in [-0.3, -0.25) is 19.2 Å². The molecule has 0 N–H and O–H groups in total. The number of aromatic nitrogens is 16. The number of carbonyl (C=O) groups is 4. The maximum atomic E-state index is 14.5. The molecule has 4 aromatic carbocycles. The van der Waals surface area contributed by atoms with Crippen molar-refractivity contribution in [3.8, 4) is 70.5 Å². The van der Waals surface area contributed by atoms with Gasteiger partial charge >= 0.3 is 0 Å². The van der Waals surface area contributed by atoms with Crippen LogP contribution in [0.3, 0.4) is 0 Å². The molecular weight excluding hydrogens is 1560 g/mol. The number of nitrogens with zero attached hydrogens (tertiary/aromatic N) is 24. The summed E-state index contributed by atoms with van der Waals surface area (Å²) in [7, 11) is 0. The summed E-state index contributed by atoms with van der Waals surface area (Å²) in [6, 6.07) is 40.1. The number of likely N-dealkylation sites (tertiary alicyclic amines) is 4. The zero-order valence-corrected chi connectivity index (χ0v) is 66.5. The molecule has 4 aliphatic rings. The molecule has 0 saturated carbocycles. The Morgan fingerprint density at radius 2 is 0.675 bits per heavy atom. The van der Waals surface area contributed by atoms with E-state index in [1.165, 1.54) is 81.9 Å². The lowest BCUT2D eigenvalue weighted by Gasteiger charge is -2.38. The summed E-state index contributed by atoms with van der Waals surface area (Å²) in [6.45, 7) is 11.4. The lowest BCUT2D eigenvalue weighted by molar-refractivity contribution is 0.0369. The highest BCUT2D eigenvalue weighted by atomic mass is 35.5. The Morgan fingerprint density at radius 1 is 0.367 bits per heavy atom. The van der Waals surface area contributed by atoms with E-state index in [4.69, 9.17) is 51.6 Å². The zero-order chi connectivity index (χ0) is 84.3. The van der Waals surface area contributed by atoms with Crippen LogP contribution in [-0.2, 0) is 0 Å². The van der Waals surface area contributed by atoms with Crippen LogP contribution in [0, 0.1) is 63.9 Å². The summed E-state index contributed by atoms with van der Waals surface area (Å²) in [6.07, 6.45) is 23.4. The Balaban J connectivity index is 0.000000138. The molecule has 0 unspecified atom stereocenters. The largest absolute Gasteiger partial charge is 0.472 e. The summed E-state index contributed by atoms with van der Waals surface area (Å²) in [5.41, 5.74) is 5.84. The van der Waals surface area contributed by atoms with Gasteiger partial charge in [0.2, 0.25) is 23.5 Å². The highest BCUT2D eigenvalue weighted by Crippen LogP contribution is 2.33. The number of halogens is 3. The van der Waals surface area contributed by atoms with Crippen LogP contribution < -0.4 is 18.9 Å². The minimum absolute atomic E-state index is 0.0146. The summed E-state index contributed by atoms with van der Waals surface area (Å²) in [5, 5.41) is 69.4. The Kier molecular flexibility index (Phi) is 26.9. The number of hydrogen-bond donors (Lipinski definition) is 0. The van der Waals surface area contributed by atoms with E-state index in [1.807, 2.05) is 57.7 Å². The Hall–Kier alpha value is -14.8. The summed E-state index contributed by atoms with van der Waals surface area (Å²) < 4.78 is 52.2. The van der Waals surface area contributed by atoms with Gasteiger partial charge in [0.25, 0.3) is 23.6 Å². The first-order valence-corrected chi connectivity index (χ1v) is 38.9. The van der Waals surface area contributed by atoms with Crippen LogP contribution >= 0.6 is 11.6 Å². The van der Waals surface area contributed by atoms with Gasteiger partial charge in [0, 0.05) is 84.3 Å². The quantitative estimate of drug-likeness (QED) is 0.0867. The van der Waals surface area contributed by atoms with Gasteiger partial charge in [-0.05, 0) is 164 Å². The first-order valence-electron chi connectivity index (χ1n) is 38.5. The highest BCUT2D eigenvalue weighted by Gasteiger charge is 2.38. The van der Waals surface area contributed by atoms with Crippen LogP contribution in [-0.4, -0.2) is 198 Å². The fourth-order valence-corrected chi connectivity index (χ4v) is 14.5. The number of piperidine rings is 4. The lowest BCUT2D eigenvalue weighted by Crippen LogP contribution is -2.49. The van der Waals surface area contributed by atoms with Crippen molar-refractivity contribution in [3.05, 3.63) is 262 Å². The molecule has 120 heavy (non-hydrogen) atoms. The summed E-state index contributed by atoms with van der Waals surface area (Å²) in [5.74, 6) is -0.362. The molecular formula is C85H79ClF2N24O8. The van der Waals surface area contributed by atoms with Crippen molar-refractivity contribution in [2.24, 2.45) is 0 Å². The molecule has 4 amide bonds. The van der Waals surface area contributed by atoms with E-state index in [0.29, 0.717) is 105 Å². The second-order valence-electron chi connectivity index (χ2n) is 28.7. The van der Waals surface area contributed by atoms with Gasteiger partial charge in [-0.1, -0.05) is 29.8 Å². The molecule has 608 valence electrons. The second kappa shape index (κ2) is 38.8. The van der Waals surface area contributed by atoms with E-state index < -0.39 is 11.6 Å². The molecule has 32 nitrogen and oxygen atoms in total. The third kappa shape index (κ3) is 20.2. The van der Waals surface area contributed by atoms with Crippen molar-refractivity contribution in [2.75, 3.05) is 26.2 Å². The molecule has 4 saturated heterocycles. The first-order chi connectivity index (χ1) is 58.2. The molecule has 4 aliphatic heterocycles. The molecule has 35 heteroatoms.